The van der Waals surface area contributed by atoms with Crippen LogP contribution in [0.3, 0.4) is 0 Å². The maximum atomic E-state index is 13.0. The molecule has 1 saturated heterocycles. The Morgan fingerprint density at radius 2 is 1.61 bits per heavy atom. The number of rotatable bonds is 6. The lowest BCUT2D eigenvalue weighted by Crippen LogP contribution is -2.51. The van der Waals surface area contributed by atoms with Crippen molar-refractivity contribution in [3.8, 4) is 11.5 Å². The highest BCUT2D eigenvalue weighted by Gasteiger charge is 2.32. The Bertz CT molecular complexity index is 1130. The van der Waals surface area contributed by atoms with Crippen molar-refractivity contribution in [2.24, 2.45) is 0 Å². The van der Waals surface area contributed by atoms with Crippen molar-refractivity contribution in [1.29, 1.82) is 0 Å². The molecule has 2 aromatic carbocycles. The molecule has 2 aliphatic heterocycles. The van der Waals surface area contributed by atoms with E-state index in [9.17, 15) is 13.2 Å². The second kappa shape index (κ2) is 9.61. The first kappa shape index (κ1) is 23.4. The number of amides is 1. The van der Waals surface area contributed by atoms with E-state index >= 15 is 0 Å². The van der Waals surface area contributed by atoms with Gasteiger partial charge in [0.15, 0.2) is 11.5 Å². The molecule has 8 nitrogen and oxygen atoms in total. The summed E-state index contributed by atoms with van der Waals surface area (Å²) in [5.41, 5.74) is 4.32. The predicted octanol–water partition coefficient (Wildman–Crippen LogP) is 2.05. The molecule has 178 valence electrons. The number of fused-ring (bicyclic) bond motifs is 1. The number of piperazine rings is 1. The number of anilines is 1. The summed E-state index contributed by atoms with van der Waals surface area (Å²) in [5.74, 6) is 0.393. The van der Waals surface area contributed by atoms with Gasteiger partial charge in [0.2, 0.25) is 15.9 Å². The number of sulfonamides is 1. The third-order valence-corrected chi connectivity index (χ3v) is 8.14. The van der Waals surface area contributed by atoms with E-state index in [2.05, 4.69) is 11.0 Å². The summed E-state index contributed by atoms with van der Waals surface area (Å²) in [6.45, 7) is 4.86. The van der Waals surface area contributed by atoms with Crippen LogP contribution >= 0.6 is 0 Å². The molecule has 2 heterocycles. The fourth-order valence-corrected chi connectivity index (χ4v) is 5.88. The van der Waals surface area contributed by atoms with Gasteiger partial charge in [-0.1, -0.05) is 12.1 Å². The van der Waals surface area contributed by atoms with Crippen molar-refractivity contribution < 1.29 is 22.7 Å². The van der Waals surface area contributed by atoms with Gasteiger partial charge in [0.25, 0.3) is 0 Å². The Kier molecular flexibility index (Phi) is 6.81. The van der Waals surface area contributed by atoms with E-state index in [0.717, 1.165) is 16.8 Å². The maximum absolute atomic E-state index is 13.0. The molecule has 0 saturated carbocycles. The molecular weight excluding hydrogens is 442 g/mol. The molecule has 0 N–H and O–H groups in total. The van der Waals surface area contributed by atoms with Gasteiger partial charge in [-0.05, 0) is 54.3 Å². The molecule has 4 rings (SSSR count). The third-order valence-electron chi connectivity index (χ3n) is 6.38. The van der Waals surface area contributed by atoms with E-state index in [1.165, 1.54) is 9.87 Å². The summed E-state index contributed by atoms with van der Waals surface area (Å²) in [6, 6.07) is 12.0. The van der Waals surface area contributed by atoms with Crippen molar-refractivity contribution >= 4 is 21.6 Å². The summed E-state index contributed by atoms with van der Waals surface area (Å²) >= 11 is 0. The average Bonchev–Trinajstić information content (AvgIpc) is 2.82. The van der Waals surface area contributed by atoms with Gasteiger partial charge < -0.3 is 19.3 Å². The number of aryl methyl sites for hydroxylation is 1. The minimum atomic E-state index is -3.68. The van der Waals surface area contributed by atoms with Crippen LogP contribution in [-0.2, 0) is 27.8 Å². The fraction of sp³-hybridized carbons (Fsp3) is 0.458. The first-order chi connectivity index (χ1) is 15.8. The third kappa shape index (κ3) is 5.09. The Balaban J connectivity index is 1.37. The highest BCUT2D eigenvalue weighted by Crippen LogP contribution is 2.33. The van der Waals surface area contributed by atoms with Crippen LogP contribution in [0.4, 0.5) is 5.69 Å². The van der Waals surface area contributed by atoms with E-state index in [1.807, 2.05) is 37.3 Å². The van der Waals surface area contributed by atoms with Gasteiger partial charge in [-0.2, -0.15) is 4.31 Å². The zero-order valence-electron chi connectivity index (χ0n) is 19.4. The van der Waals surface area contributed by atoms with Crippen LogP contribution in [-0.4, -0.2) is 76.2 Å². The molecule has 0 aromatic heterocycles. The highest BCUT2D eigenvalue weighted by atomic mass is 32.2. The SMILES string of the molecule is COc1cc2c(cc1OC)CN(C(=O)CS(=O)(=O)N1CCN(c3cccc(C)c3)CC1)CC2. The Hall–Kier alpha value is -2.78. The van der Waals surface area contributed by atoms with E-state index in [0.29, 0.717) is 57.2 Å². The van der Waals surface area contributed by atoms with Gasteiger partial charge in [-0.25, -0.2) is 8.42 Å². The summed E-state index contributed by atoms with van der Waals surface area (Å²) in [6.07, 6.45) is 0.649. The quantitative estimate of drug-likeness (QED) is 0.639. The van der Waals surface area contributed by atoms with E-state index < -0.39 is 15.8 Å². The molecule has 0 bridgehead atoms. The first-order valence-electron chi connectivity index (χ1n) is 11.1. The largest absolute Gasteiger partial charge is 0.493 e. The van der Waals surface area contributed by atoms with E-state index in [1.54, 1.807) is 19.1 Å². The van der Waals surface area contributed by atoms with Crippen LogP contribution in [0.1, 0.15) is 16.7 Å². The molecule has 1 amide bonds. The second-order valence-electron chi connectivity index (χ2n) is 8.52. The summed E-state index contributed by atoms with van der Waals surface area (Å²) in [7, 11) is -0.513. The van der Waals surface area contributed by atoms with Crippen LogP contribution in [0.15, 0.2) is 36.4 Å². The number of hydrogen-bond acceptors (Lipinski definition) is 6. The number of ether oxygens (including phenoxy) is 2. The van der Waals surface area contributed by atoms with Crippen LogP contribution in [0, 0.1) is 6.92 Å². The minimum Gasteiger partial charge on any atom is -0.493 e. The predicted molar refractivity (Wildman–Crippen MR) is 127 cm³/mol. The van der Waals surface area contributed by atoms with Crippen LogP contribution in [0.25, 0.3) is 0 Å². The number of carbonyl (C=O) groups is 1. The van der Waals surface area contributed by atoms with E-state index in [-0.39, 0.29) is 5.91 Å². The zero-order valence-corrected chi connectivity index (χ0v) is 20.2. The Morgan fingerprint density at radius 3 is 2.24 bits per heavy atom. The highest BCUT2D eigenvalue weighted by molar-refractivity contribution is 7.89. The molecular formula is C24H31N3O5S. The normalized spacial score (nSPS) is 16.9. The topological polar surface area (TPSA) is 79.4 Å². The standard InChI is InChI=1S/C24H31N3O5S/c1-18-5-4-6-21(13-18)25-9-11-27(12-10-25)33(29,30)17-24(28)26-8-7-19-14-22(31-2)23(32-3)15-20(19)16-26/h4-6,13-15H,7-12,16-17H2,1-3H3. The molecule has 0 atom stereocenters. The average molecular weight is 474 g/mol. The maximum Gasteiger partial charge on any atom is 0.239 e. The Labute approximate surface area is 195 Å². The van der Waals surface area contributed by atoms with Crippen LogP contribution < -0.4 is 14.4 Å². The summed E-state index contributed by atoms with van der Waals surface area (Å²) < 4.78 is 38.2. The monoisotopic (exact) mass is 473 g/mol. The summed E-state index contributed by atoms with van der Waals surface area (Å²) in [4.78, 5) is 16.7. The number of benzene rings is 2. The van der Waals surface area contributed by atoms with Gasteiger partial charge >= 0.3 is 0 Å². The molecule has 0 spiro atoms. The van der Waals surface area contributed by atoms with Gasteiger partial charge in [-0.3, -0.25) is 4.79 Å². The molecule has 0 aliphatic carbocycles. The number of nitrogens with zero attached hydrogens (tertiary/aromatic N) is 3. The molecule has 0 radical (unpaired) electrons. The molecule has 9 heteroatoms. The second-order valence-corrected chi connectivity index (χ2v) is 10.5. The minimum absolute atomic E-state index is 0.364. The number of hydrogen-bond donors (Lipinski definition) is 0. The van der Waals surface area contributed by atoms with Crippen molar-refractivity contribution in [3.05, 3.63) is 53.1 Å². The zero-order chi connectivity index (χ0) is 23.6. The molecule has 0 unspecified atom stereocenters. The lowest BCUT2D eigenvalue weighted by atomic mass is 9.99. The van der Waals surface area contributed by atoms with Crippen molar-refractivity contribution in [3.63, 3.8) is 0 Å². The first-order valence-corrected chi connectivity index (χ1v) is 12.7. The van der Waals surface area contributed by atoms with Gasteiger partial charge in [0, 0.05) is 45.0 Å². The molecule has 2 aliphatic rings. The van der Waals surface area contributed by atoms with Gasteiger partial charge in [-0.15, -0.1) is 0 Å². The van der Waals surface area contributed by atoms with Crippen molar-refractivity contribution in [2.75, 3.05) is 57.6 Å². The van der Waals surface area contributed by atoms with Crippen LogP contribution in [0.2, 0.25) is 0 Å². The fourth-order valence-electron chi connectivity index (χ4n) is 4.48. The van der Waals surface area contributed by atoms with Gasteiger partial charge in [0.05, 0.1) is 14.2 Å². The number of methoxy groups -OCH3 is 2. The van der Waals surface area contributed by atoms with Crippen molar-refractivity contribution in [1.82, 2.24) is 9.21 Å². The Morgan fingerprint density at radius 1 is 0.939 bits per heavy atom. The lowest BCUT2D eigenvalue weighted by molar-refractivity contribution is -0.129. The molecule has 2 aromatic rings. The molecule has 33 heavy (non-hydrogen) atoms. The van der Waals surface area contributed by atoms with Gasteiger partial charge in [0.1, 0.15) is 5.75 Å². The van der Waals surface area contributed by atoms with Crippen LogP contribution in [0.5, 0.6) is 11.5 Å². The summed E-state index contributed by atoms with van der Waals surface area (Å²) in [5, 5.41) is 0. The van der Waals surface area contributed by atoms with Crippen molar-refractivity contribution in [2.45, 2.75) is 19.9 Å². The smallest absolute Gasteiger partial charge is 0.239 e. The van der Waals surface area contributed by atoms with E-state index in [4.69, 9.17) is 9.47 Å². The molecule has 1 fully saturated rings. The lowest BCUT2D eigenvalue weighted by Gasteiger charge is -2.36. The number of carbonyl (C=O) groups excluding carboxylic acids is 1.